The fourth-order valence-electron chi connectivity index (χ4n) is 3.85. The molecule has 1 fully saturated rings. The molecule has 1 aromatic rings. The number of aliphatic hydroxyl groups is 1. The Balaban J connectivity index is 1.80. The van der Waals surface area contributed by atoms with Crippen molar-refractivity contribution in [2.75, 3.05) is 39.5 Å². The molecule has 0 aromatic heterocycles. The first-order valence-electron chi connectivity index (χ1n) is 12.1. The molecule has 0 saturated carbocycles. The number of aliphatic imine (C=N–C) groups is 1. The van der Waals surface area contributed by atoms with Gasteiger partial charge in [0.2, 0.25) is 5.90 Å². The van der Waals surface area contributed by atoms with E-state index in [-0.39, 0.29) is 25.4 Å². The van der Waals surface area contributed by atoms with Crippen molar-refractivity contribution >= 4 is 17.8 Å². The van der Waals surface area contributed by atoms with E-state index < -0.39 is 23.2 Å². The monoisotopic (exact) mass is 491 g/mol. The lowest BCUT2D eigenvalue weighted by Crippen LogP contribution is -2.58. The standard InChI is InChI=1S/C25H37N3O7/c1-18-25(11-10-21(30)35-24(2,3)4,23(31)27-28-12-16-32-17-13-28)26-22(34-18)19-6-8-20(9-7-19)33-15-5-14-29/h6-9,18,29H,5,10-17H2,1-4H3,(H,27,31)/t18-,25-/m0/s1. The number of amides is 1. The number of aliphatic hydroxyl groups excluding tert-OH is 1. The Labute approximate surface area is 206 Å². The summed E-state index contributed by atoms with van der Waals surface area (Å²) in [5, 5.41) is 10.7. The van der Waals surface area contributed by atoms with Crippen LogP contribution in [0.15, 0.2) is 29.3 Å². The lowest BCUT2D eigenvalue weighted by Gasteiger charge is -2.33. The van der Waals surface area contributed by atoms with E-state index in [0.717, 1.165) is 0 Å². The summed E-state index contributed by atoms with van der Waals surface area (Å²) >= 11 is 0. The fourth-order valence-corrected chi connectivity index (χ4v) is 3.85. The van der Waals surface area contributed by atoms with E-state index in [1.165, 1.54) is 0 Å². The van der Waals surface area contributed by atoms with Crippen LogP contribution in [0.2, 0.25) is 0 Å². The maximum Gasteiger partial charge on any atom is 0.306 e. The zero-order chi connectivity index (χ0) is 25.5. The van der Waals surface area contributed by atoms with E-state index >= 15 is 0 Å². The van der Waals surface area contributed by atoms with Gasteiger partial charge in [-0.15, -0.1) is 0 Å². The lowest BCUT2D eigenvalue weighted by molar-refractivity contribution is -0.155. The van der Waals surface area contributed by atoms with Crippen molar-refractivity contribution in [3.8, 4) is 5.75 Å². The first-order valence-corrected chi connectivity index (χ1v) is 12.1. The average Bonchev–Trinajstić information content (AvgIpc) is 3.15. The second-order valence-electron chi connectivity index (χ2n) is 9.68. The number of rotatable bonds is 10. The Morgan fingerprint density at radius 2 is 1.91 bits per heavy atom. The molecule has 0 radical (unpaired) electrons. The lowest BCUT2D eigenvalue weighted by atomic mass is 9.88. The summed E-state index contributed by atoms with van der Waals surface area (Å²) in [5.41, 5.74) is 1.74. The molecule has 2 atom stereocenters. The largest absolute Gasteiger partial charge is 0.494 e. The number of nitrogens with one attached hydrogen (secondary N) is 1. The molecule has 1 saturated heterocycles. The Morgan fingerprint density at radius 3 is 2.54 bits per heavy atom. The minimum Gasteiger partial charge on any atom is -0.494 e. The number of benzene rings is 1. The van der Waals surface area contributed by atoms with Crippen LogP contribution in [0.25, 0.3) is 0 Å². The van der Waals surface area contributed by atoms with Gasteiger partial charge in [0.05, 0.1) is 19.8 Å². The molecule has 0 bridgehead atoms. The highest BCUT2D eigenvalue weighted by molar-refractivity contribution is 6.00. The smallest absolute Gasteiger partial charge is 0.306 e. The summed E-state index contributed by atoms with van der Waals surface area (Å²) in [6, 6.07) is 7.20. The van der Waals surface area contributed by atoms with Gasteiger partial charge in [0.1, 0.15) is 17.5 Å². The molecule has 10 heteroatoms. The SMILES string of the molecule is C[C@@H]1OC(c2ccc(OCCCO)cc2)=N[C@]1(CCC(=O)OC(C)(C)C)C(=O)NN1CCOCC1. The van der Waals surface area contributed by atoms with Crippen LogP contribution in [-0.2, 0) is 23.8 Å². The van der Waals surface area contributed by atoms with Crippen LogP contribution in [0, 0.1) is 0 Å². The summed E-state index contributed by atoms with van der Waals surface area (Å²) in [6.45, 7) is 9.88. The molecule has 3 rings (SSSR count). The molecule has 2 aliphatic rings. The van der Waals surface area contributed by atoms with Gasteiger partial charge in [-0.2, -0.15) is 0 Å². The third kappa shape index (κ3) is 7.39. The van der Waals surface area contributed by atoms with Crippen molar-refractivity contribution in [2.45, 2.75) is 64.2 Å². The topological polar surface area (TPSA) is 119 Å². The fraction of sp³-hybridized carbons (Fsp3) is 0.640. The van der Waals surface area contributed by atoms with Crippen LogP contribution < -0.4 is 10.2 Å². The number of morpholine rings is 1. The van der Waals surface area contributed by atoms with Crippen LogP contribution in [0.1, 0.15) is 52.5 Å². The predicted molar refractivity (Wildman–Crippen MR) is 129 cm³/mol. The normalized spacial score (nSPS) is 22.8. The minimum absolute atomic E-state index is 0.0237. The Bertz CT molecular complexity index is 891. The van der Waals surface area contributed by atoms with Crippen LogP contribution in [-0.4, -0.2) is 84.7 Å². The van der Waals surface area contributed by atoms with Crippen LogP contribution in [0.4, 0.5) is 0 Å². The molecule has 194 valence electrons. The molecule has 2 N–H and O–H groups in total. The molecular weight excluding hydrogens is 454 g/mol. The summed E-state index contributed by atoms with van der Waals surface area (Å²) in [5.74, 6) is 0.279. The van der Waals surface area contributed by atoms with E-state index in [1.54, 1.807) is 44.8 Å². The van der Waals surface area contributed by atoms with Gasteiger partial charge in [-0.3, -0.25) is 15.0 Å². The number of hydrogen-bond acceptors (Lipinski definition) is 9. The van der Waals surface area contributed by atoms with Crippen molar-refractivity contribution in [3.63, 3.8) is 0 Å². The molecule has 0 unspecified atom stereocenters. The van der Waals surface area contributed by atoms with E-state index in [4.69, 9.17) is 29.0 Å². The number of hydrazine groups is 1. The number of carbonyl (C=O) groups is 2. The number of ether oxygens (including phenoxy) is 4. The van der Waals surface area contributed by atoms with Gasteiger partial charge < -0.3 is 24.1 Å². The highest BCUT2D eigenvalue weighted by Gasteiger charge is 2.51. The summed E-state index contributed by atoms with van der Waals surface area (Å²) in [4.78, 5) is 30.8. The first-order chi connectivity index (χ1) is 16.6. The van der Waals surface area contributed by atoms with Gasteiger partial charge in [0.25, 0.3) is 5.91 Å². The summed E-state index contributed by atoms with van der Waals surface area (Å²) in [7, 11) is 0. The number of esters is 1. The van der Waals surface area contributed by atoms with E-state index in [9.17, 15) is 9.59 Å². The zero-order valence-corrected chi connectivity index (χ0v) is 21.0. The molecule has 2 aliphatic heterocycles. The highest BCUT2D eigenvalue weighted by atomic mass is 16.6. The maximum absolute atomic E-state index is 13.5. The Kier molecular flexibility index (Phi) is 9.09. The number of nitrogens with zero attached hydrogens (tertiary/aromatic N) is 2. The number of carbonyl (C=O) groups excluding carboxylic acids is 2. The van der Waals surface area contributed by atoms with Crippen molar-refractivity contribution in [2.24, 2.45) is 4.99 Å². The van der Waals surface area contributed by atoms with E-state index in [0.29, 0.717) is 56.5 Å². The quantitative estimate of drug-likeness (QED) is 0.376. The summed E-state index contributed by atoms with van der Waals surface area (Å²) < 4.78 is 22.5. The van der Waals surface area contributed by atoms with Gasteiger partial charge >= 0.3 is 5.97 Å². The Morgan fingerprint density at radius 1 is 1.23 bits per heavy atom. The second-order valence-corrected chi connectivity index (χ2v) is 9.68. The predicted octanol–water partition coefficient (Wildman–Crippen LogP) is 1.84. The highest BCUT2D eigenvalue weighted by Crippen LogP contribution is 2.34. The second kappa shape index (κ2) is 11.8. The maximum atomic E-state index is 13.5. The molecule has 0 spiro atoms. The van der Waals surface area contributed by atoms with Crippen molar-refractivity contribution in [3.05, 3.63) is 29.8 Å². The first kappa shape index (κ1) is 26.9. The van der Waals surface area contributed by atoms with Gasteiger partial charge in [-0.1, -0.05) is 0 Å². The van der Waals surface area contributed by atoms with Gasteiger partial charge in [-0.25, -0.2) is 10.0 Å². The van der Waals surface area contributed by atoms with Crippen molar-refractivity contribution in [1.82, 2.24) is 10.4 Å². The molecular formula is C25H37N3O7. The molecule has 1 aromatic carbocycles. The van der Waals surface area contributed by atoms with Gasteiger partial charge in [0, 0.05) is 38.1 Å². The number of hydrogen-bond donors (Lipinski definition) is 2. The van der Waals surface area contributed by atoms with Crippen LogP contribution >= 0.6 is 0 Å². The van der Waals surface area contributed by atoms with Crippen molar-refractivity contribution < 1.29 is 33.6 Å². The zero-order valence-electron chi connectivity index (χ0n) is 21.0. The molecule has 10 nitrogen and oxygen atoms in total. The molecule has 35 heavy (non-hydrogen) atoms. The summed E-state index contributed by atoms with van der Waals surface area (Å²) in [6.07, 6.45) is 0.121. The molecule has 2 heterocycles. The molecule has 1 amide bonds. The van der Waals surface area contributed by atoms with Crippen LogP contribution in [0.3, 0.4) is 0 Å². The minimum atomic E-state index is -1.29. The third-order valence-corrected chi connectivity index (χ3v) is 5.73. The average molecular weight is 492 g/mol. The molecule has 0 aliphatic carbocycles. The van der Waals surface area contributed by atoms with Gasteiger partial charge in [-0.05, 0) is 58.4 Å². The third-order valence-electron chi connectivity index (χ3n) is 5.73. The van der Waals surface area contributed by atoms with E-state index in [1.807, 2.05) is 12.1 Å². The Hall–Kier alpha value is -2.69. The van der Waals surface area contributed by atoms with Crippen molar-refractivity contribution in [1.29, 1.82) is 0 Å². The van der Waals surface area contributed by atoms with Gasteiger partial charge in [0.15, 0.2) is 5.54 Å². The van der Waals surface area contributed by atoms with Crippen LogP contribution in [0.5, 0.6) is 5.75 Å². The van der Waals surface area contributed by atoms with E-state index in [2.05, 4.69) is 5.43 Å².